The van der Waals surface area contributed by atoms with Gasteiger partial charge in [0.05, 0.1) is 0 Å². The van der Waals surface area contributed by atoms with E-state index in [9.17, 15) is 0 Å². The molecule has 1 aliphatic rings. The molecule has 1 aromatic heterocycles. The Labute approximate surface area is 198 Å². The van der Waals surface area contributed by atoms with Gasteiger partial charge in [0, 0.05) is 48.2 Å². The van der Waals surface area contributed by atoms with Crippen LogP contribution in [0.5, 0.6) is 0 Å². The van der Waals surface area contributed by atoms with E-state index in [1.807, 2.05) is 25.4 Å². The van der Waals surface area contributed by atoms with Crippen molar-refractivity contribution in [3.63, 3.8) is 0 Å². The molecule has 0 bridgehead atoms. The van der Waals surface area contributed by atoms with E-state index in [2.05, 4.69) is 75.8 Å². The standard InChI is InChI=1S/C28H37N3S/c1-4-21-32-24(2)23-31(25(3)28-11-8-16-29-22-28)20-19-30-17-14-27(15-18-30)13-12-26-9-6-5-7-10-26/h4-11,16,21-22,27H,2-3,12-15,17-20,23H2,1H3/b21-4-. The Bertz CT molecular complexity index is 855. The Morgan fingerprint density at radius 3 is 2.62 bits per heavy atom. The van der Waals surface area contributed by atoms with Crippen molar-refractivity contribution in [2.24, 2.45) is 5.92 Å². The van der Waals surface area contributed by atoms with Gasteiger partial charge in [-0.3, -0.25) is 4.98 Å². The Kier molecular flexibility index (Phi) is 10.1. The lowest BCUT2D eigenvalue weighted by molar-refractivity contribution is 0.169. The molecule has 1 fully saturated rings. The first kappa shape index (κ1) is 24.3. The third-order valence-corrected chi connectivity index (χ3v) is 7.06. The van der Waals surface area contributed by atoms with E-state index in [1.54, 1.807) is 11.8 Å². The zero-order chi connectivity index (χ0) is 22.6. The van der Waals surface area contributed by atoms with Crippen LogP contribution in [0.2, 0.25) is 0 Å². The molecule has 0 N–H and O–H groups in total. The minimum Gasteiger partial charge on any atom is -0.365 e. The molecule has 1 aliphatic heterocycles. The quantitative estimate of drug-likeness (QED) is 0.371. The Balaban J connectivity index is 1.48. The number of allylic oxidation sites excluding steroid dienone is 1. The van der Waals surface area contributed by atoms with Crippen LogP contribution in [0.1, 0.15) is 37.3 Å². The lowest BCUT2D eigenvalue weighted by atomic mass is 9.90. The maximum atomic E-state index is 4.39. The van der Waals surface area contributed by atoms with Gasteiger partial charge in [-0.1, -0.05) is 49.6 Å². The number of piperidine rings is 1. The van der Waals surface area contributed by atoms with Crippen LogP contribution in [-0.4, -0.2) is 47.5 Å². The van der Waals surface area contributed by atoms with Crippen molar-refractivity contribution >= 4 is 17.5 Å². The molecule has 0 spiro atoms. The van der Waals surface area contributed by atoms with E-state index < -0.39 is 0 Å². The summed E-state index contributed by atoms with van der Waals surface area (Å²) in [5.74, 6) is 0.852. The smallest absolute Gasteiger partial charge is 0.0486 e. The first-order chi connectivity index (χ1) is 15.7. The third-order valence-electron chi connectivity index (χ3n) is 6.19. The highest BCUT2D eigenvalue weighted by Crippen LogP contribution is 2.25. The Morgan fingerprint density at radius 1 is 1.16 bits per heavy atom. The van der Waals surface area contributed by atoms with Crippen molar-refractivity contribution in [1.82, 2.24) is 14.8 Å². The average Bonchev–Trinajstić information content (AvgIpc) is 2.85. The van der Waals surface area contributed by atoms with Crippen LogP contribution in [0.25, 0.3) is 5.70 Å². The minimum atomic E-state index is 0.802. The number of likely N-dealkylation sites (tertiary alicyclic amines) is 1. The maximum absolute atomic E-state index is 4.39. The zero-order valence-corrected chi connectivity index (χ0v) is 20.3. The number of nitrogens with zero attached hydrogens (tertiary/aromatic N) is 3. The zero-order valence-electron chi connectivity index (χ0n) is 19.5. The lowest BCUT2D eigenvalue weighted by Crippen LogP contribution is -2.39. The molecule has 2 heterocycles. The molecule has 0 atom stereocenters. The summed E-state index contributed by atoms with van der Waals surface area (Å²) in [4.78, 5) is 10.4. The van der Waals surface area contributed by atoms with Crippen molar-refractivity contribution in [2.75, 3.05) is 32.7 Å². The van der Waals surface area contributed by atoms with Crippen LogP contribution in [0, 0.1) is 5.92 Å². The number of hydrogen-bond acceptors (Lipinski definition) is 4. The summed E-state index contributed by atoms with van der Waals surface area (Å²) in [5.41, 5.74) is 3.57. The number of rotatable bonds is 12. The molecule has 4 heteroatoms. The second kappa shape index (κ2) is 13.3. The van der Waals surface area contributed by atoms with Crippen molar-refractivity contribution in [2.45, 2.75) is 32.6 Å². The average molecular weight is 448 g/mol. The second-order valence-corrected chi connectivity index (χ2v) is 9.63. The molecule has 3 nitrogen and oxygen atoms in total. The summed E-state index contributed by atoms with van der Waals surface area (Å²) in [6, 6.07) is 15.0. The number of pyridine rings is 1. The van der Waals surface area contributed by atoms with Gasteiger partial charge in [0.25, 0.3) is 0 Å². The minimum absolute atomic E-state index is 0.802. The van der Waals surface area contributed by atoms with Gasteiger partial charge >= 0.3 is 0 Å². The molecular formula is C28H37N3S. The molecule has 170 valence electrons. The molecule has 0 unspecified atom stereocenters. The van der Waals surface area contributed by atoms with Crippen molar-refractivity contribution in [3.05, 3.63) is 95.5 Å². The first-order valence-electron chi connectivity index (χ1n) is 11.7. The van der Waals surface area contributed by atoms with E-state index in [1.165, 1.54) is 44.3 Å². The normalized spacial score (nSPS) is 15.2. The van der Waals surface area contributed by atoms with Crippen LogP contribution >= 0.6 is 11.8 Å². The molecule has 0 radical (unpaired) electrons. The predicted molar refractivity (Wildman–Crippen MR) is 140 cm³/mol. The molecule has 0 amide bonds. The Morgan fingerprint density at radius 2 is 1.94 bits per heavy atom. The maximum Gasteiger partial charge on any atom is 0.0486 e. The number of benzene rings is 1. The van der Waals surface area contributed by atoms with Crippen LogP contribution in [0.3, 0.4) is 0 Å². The fourth-order valence-electron chi connectivity index (χ4n) is 4.22. The fraction of sp³-hybridized carbons (Fsp3) is 0.393. The van der Waals surface area contributed by atoms with E-state index in [4.69, 9.17) is 0 Å². The van der Waals surface area contributed by atoms with Gasteiger partial charge in [0.2, 0.25) is 0 Å². The van der Waals surface area contributed by atoms with Gasteiger partial charge in [0.1, 0.15) is 0 Å². The SMILES string of the molecule is C=C(CN(CCN1CCC(CCc2ccccc2)CC1)C(=C)c1cccnc1)S/C=C\C. The molecule has 1 saturated heterocycles. The first-order valence-corrected chi connectivity index (χ1v) is 12.6. The molecule has 0 aliphatic carbocycles. The lowest BCUT2D eigenvalue weighted by Gasteiger charge is -2.35. The molecule has 32 heavy (non-hydrogen) atoms. The summed E-state index contributed by atoms with van der Waals surface area (Å²) in [7, 11) is 0. The largest absolute Gasteiger partial charge is 0.365 e. The van der Waals surface area contributed by atoms with Crippen LogP contribution in [0.15, 0.2) is 84.4 Å². The van der Waals surface area contributed by atoms with Gasteiger partial charge < -0.3 is 9.80 Å². The van der Waals surface area contributed by atoms with E-state index in [0.717, 1.165) is 41.7 Å². The van der Waals surface area contributed by atoms with E-state index in [0.29, 0.717) is 0 Å². The monoisotopic (exact) mass is 447 g/mol. The Hall–Kier alpha value is -2.30. The third kappa shape index (κ3) is 7.99. The van der Waals surface area contributed by atoms with Gasteiger partial charge in [-0.25, -0.2) is 0 Å². The predicted octanol–water partition coefficient (Wildman–Crippen LogP) is 6.48. The van der Waals surface area contributed by atoms with E-state index >= 15 is 0 Å². The van der Waals surface area contributed by atoms with Crippen molar-refractivity contribution in [1.29, 1.82) is 0 Å². The molecule has 2 aromatic rings. The van der Waals surface area contributed by atoms with Gasteiger partial charge in [0.15, 0.2) is 0 Å². The molecular weight excluding hydrogens is 410 g/mol. The molecule has 0 saturated carbocycles. The van der Waals surface area contributed by atoms with Gasteiger partial charge in [-0.05, 0) is 74.7 Å². The van der Waals surface area contributed by atoms with Gasteiger partial charge in [-0.15, -0.1) is 11.8 Å². The molecule has 1 aromatic carbocycles. The number of hydrogen-bond donors (Lipinski definition) is 0. The number of aromatic nitrogens is 1. The second-order valence-electron chi connectivity index (χ2n) is 8.55. The summed E-state index contributed by atoms with van der Waals surface area (Å²) in [6.45, 7) is 15.9. The van der Waals surface area contributed by atoms with Gasteiger partial charge in [-0.2, -0.15) is 0 Å². The fourth-order valence-corrected chi connectivity index (χ4v) is 4.78. The van der Waals surface area contributed by atoms with Crippen molar-refractivity contribution in [3.8, 4) is 0 Å². The summed E-state index contributed by atoms with van der Waals surface area (Å²) < 4.78 is 0. The van der Waals surface area contributed by atoms with Crippen molar-refractivity contribution < 1.29 is 0 Å². The highest BCUT2D eigenvalue weighted by Gasteiger charge is 2.20. The summed E-state index contributed by atoms with van der Waals surface area (Å²) in [6.07, 6.45) is 10.9. The van der Waals surface area contributed by atoms with E-state index in [-0.39, 0.29) is 0 Å². The van der Waals surface area contributed by atoms with Crippen LogP contribution in [-0.2, 0) is 6.42 Å². The summed E-state index contributed by atoms with van der Waals surface area (Å²) in [5, 5.41) is 2.09. The number of aryl methyl sites for hydroxylation is 1. The van der Waals surface area contributed by atoms with Crippen LogP contribution < -0.4 is 0 Å². The molecule has 3 rings (SSSR count). The van der Waals surface area contributed by atoms with Crippen LogP contribution in [0.4, 0.5) is 0 Å². The highest BCUT2D eigenvalue weighted by molar-refractivity contribution is 8.05. The topological polar surface area (TPSA) is 19.4 Å². The summed E-state index contributed by atoms with van der Waals surface area (Å²) >= 11 is 1.70. The highest BCUT2D eigenvalue weighted by atomic mass is 32.2. The number of thioether (sulfide) groups is 1.